The lowest BCUT2D eigenvalue weighted by atomic mass is 10.1. The largest absolute Gasteiger partial charge is 0.278 e. The van der Waals surface area contributed by atoms with Crippen molar-refractivity contribution in [1.82, 2.24) is 5.06 Å². The molecule has 82 valence electrons. The van der Waals surface area contributed by atoms with E-state index in [1.807, 2.05) is 0 Å². The molecule has 5 heteroatoms. The highest BCUT2D eigenvalue weighted by Crippen LogP contribution is 2.24. The Morgan fingerprint density at radius 1 is 1.53 bits per heavy atom. The van der Waals surface area contributed by atoms with Crippen LogP contribution in [0.3, 0.4) is 0 Å². The number of amides is 1. The molecule has 0 saturated heterocycles. The van der Waals surface area contributed by atoms with Gasteiger partial charge in [0.15, 0.2) is 0 Å². The van der Waals surface area contributed by atoms with E-state index in [1.54, 1.807) is 19.1 Å². The van der Waals surface area contributed by atoms with E-state index >= 15 is 0 Å². The Bertz CT molecular complexity index is 395. The first-order chi connectivity index (χ1) is 6.99. The van der Waals surface area contributed by atoms with Crippen LogP contribution in [0.1, 0.15) is 15.9 Å². The summed E-state index contributed by atoms with van der Waals surface area (Å²) in [6.45, 7) is 1.63. The fourth-order valence-electron chi connectivity index (χ4n) is 1.06. The van der Waals surface area contributed by atoms with E-state index in [9.17, 15) is 9.18 Å². The summed E-state index contributed by atoms with van der Waals surface area (Å²) in [6, 6.07) is 3.11. The van der Waals surface area contributed by atoms with Gasteiger partial charge in [-0.1, -0.05) is 6.07 Å². The number of hydrogen-bond donors (Lipinski definition) is 0. The maximum absolute atomic E-state index is 13.5. The van der Waals surface area contributed by atoms with Crippen molar-refractivity contribution in [2.75, 3.05) is 14.2 Å². The van der Waals surface area contributed by atoms with E-state index in [4.69, 9.17) is 4.84 Å². The van der Waals surface area contributed by atoms with Crippen LogP contribution in [0.2, 0.25) is 0 Å². The van der Waals surface area contributed by atoms with Crippen LogP contribution in [0.4, 0.5) is 4.39 Å². The monoisotopic (exact) mass is 275 g/mol. The predicted molar refractivity (Wildman–Crippen MR) is 57.9 cm³/mol. The molecule has 0 unspecified atom stereocenters. The lowest BCUT2D eigenvalue weighted by Gasteiger charge is -2.15. The molecule has 0 aromatic heterocycles. The summed E-state index contributed by atoms with van der Waals surface area (Å²) in [5, 5.41) is 1.04. The Morgan fingerprint density at radius 2 is 2.13 bits per heavy atom. The van der Waals surface area contributed by atoms with Gasteiger partial charge >= 0.3 is 0 Å². The van der Waals surface area contributed by atoms with Gasteiger partial charge in [0.25, 0.3) is 5.91 Å². The van der Waals surface area contributed by atoms with E-state index in [0.29, 0.717) is 5.56 Å². The van der Waals surface area contributed by atoms with Gasteiger partial charge in [0.1, 0.15) is 5.82 Å². The molecule has 15 heavy (non-hydrogen) atoms. The SMILES string of the molecule is CON(C)C(=O)c1ccc(C)c(F)c1Br. The van der Waals surface area contributed by atoms with Gasteiger partial charge in [-0.2, -0.15) is 0 Å². The molecular formula is C10H11BrFNO2. The van der Waals surface area contributed by atoms with Crippen LogP contribution in [-0.4, -0.2) is 25.1 Å². The normalized spacial score (nSPS) is 10.2. The molecule has 0 N–H and O–H groups in total. The number of carbonyl (C=O) groups is 1. The van der Waals surface area contributed by atoms with Crippen LogP contribution >= 0.6 is 15.9 Å². The molecule has 0 aliphatic carbocycles. The Balaban J connectivity index is 3.16. The van der Waals surface area contributed by atoms with Gasteiger partial charge in [-0.3, -0.25) is 9.63 Å². The first-order valence-corrected chi connectivity index (χ1v) is 5.05. The average Bonchev–Trinajstić information content (AvgIpc) is 2.24. The second kappa shape index (κ2) is 4.72. The first kappa shape index (κ1) is 12.1. The predicted octanol–water partition coefficient (Wildman–Crippen LogP) is 2.53. The smallest absolute Gasteiger partial charge is 0.274 e. The van der Waals surface area contributed by atoms with Crippen molar-refractivity contribution < 1.29 is 14.0 Å². The highest BCUT2D eigenvalue weighted by atomic mass is 79.9. The summed E-state index contributed by atoms with van der Waals surface area (Å²) in [6.07, 6.45) is 0. The number of hydroxylamine groups is 2. The number of carbonyl (C=O) groups excluding carboxylic acids is 1. The van der Waals surface area contributed by atoms with Gasteiger partial charge in [-0.05, 0) is 34.5 Å². The topological polar surface area (TPSA) is 29.5 Å². The summed E-state index contributed by atoms with van der Waals surface area (Å²) < 4.78 is 13.6. The van der Waals surface area contributed by atoms with Crippen LogP contribution in [0.25, 0.3) is 0 Å². The third kappa shape index (κ3) is 2.35. The van der Waals surface area contributed by atoms with Gasteiger partial charge in [0.2, 0.25) is 0 Å². The molecule has 0 spiro atoms. The van der Waals surface area contributed by atoms with Crippen molar-refractivity contribution in [2.45, 2.75) is 6.92 Å². The summed E-state index contributed by atoms with van der Waals surface area (Å²) in [5.74, 6) is -0.825. The molecule has 0 heterocycles. The zero-order chi connectivity index (χ0) is 11.6. The Hall–Kier alpha value is -0.940. The number of rotatable bonds is 2. The fraction of sp³-hybridized carbons (Fsp3) is 0.300. The molecule has 0 aliphatic rings. The summed E-state index contributed by atoms with van der Waals surface area (Å²) >= 11 is 3.05. The van der Waals surface area contributed by atoms with E-state index in [2.05, 4.69) is 15.9 Å². The maximum atomic E-state index is 13.5. The summed E-state index contributed by atoms with van der Waals surface area (Å²) in [7, 11) is 2.84. The molecule has 1 rings (SSSR count). The Kier molecular flexibility index (Phi) is 3.82. The van der Waals surface area contributed by atoms with Crippen molar-refractivity contribution in [1.29, 1.82) is 0 Å². The second-order valence-electron chi connectivity index (χ2n) is 3.04. The molecule has 0 saturated carbocycles. The van der Waals surface area contributed by atoms with Crippen molar-refractivity contribution >= 4 is 21.8 Å². The minimum Gasteiger partial charge on any atom is -0.274 e. The van der Waals surface area contributed by atoms with E-state index in [-0.39, 0.29) is 10.0 Å². The van der Waals surface area contributed by atoms with Crippen LogP contribution in [-0.2, 0) is 4.84 Å². The van der Waals surface area contributed by atoms with Gasteiger partial charge in [-0.25, -0.2) is 9.45 Å². The van der Waals surface area contributed by atoms with Crippen molar-refractivity contribution in [2.24, 2.45) is 0 Å². The molecule has 1 aromatic carbocycles. The lowest BCUT2D eigenvalue weighted by molar-refractivity contribution is -0.0757. The minimum atomic E-state index is -0.426. The van der Waals surface area contributed by atoms with E-state index < -0.39 is 11.7 Å². The van der Waals surface area contributed by atoms with E-state index in [1.165, 1.54) is 14.2 Å². The molecule has 0 fully saturated rings. The third-order valence-electron chi connectivity index (χ3n) is 2.07. The third-order valence-corrected chi connectivity index (χ3v) is 2.84. The van der Waals surface area contributed by atoms with E-state index in [0.717, 1.165) is 5.06 Å². The molecular weight excluding hydrogens is 265 g/mol. The van der Waals surface area contributed by atoms with Gasteiger partial charge in [0, 0.05) is 7.05 Å². The minimum absolute atomic E-state index is 0.163. The van der Waals surface area contributed by atoms with Gasteiger partial charge < -0.3 is 0 Å². The van der Waals surface area contributed by atoms with Crippen LogP contribution < -0.4 is 0 Å². The highest BCUT2D eigenvalue weighted by Gasteiger charge is 2.18. The summed E-state index contributed by atoms with van der Waals surface area (Å²) in [4.78, 5) is 16.4. The number of aryl methyl sites for hydroxylation is 1. The molecule has 0 aliphatic heterocycles. The molecule has 3 nitrogen and oxygen atoms in total. The Labute approximate surface area is 95.9 Å². The van der Waals surface area contributed by atoms with Crippen molar-refractivity contribution in [3.63, 3.8) is 0 Å². The van der Waals surface area contributed by atoms with Crippen LogP contribution in [0.15, 0.2) is 16.6 Å². The van der Waals surface area contributed by atoms with Crippen molar-refractivity contribution in [3.05, 3.63) is 33.5 Å². The Morgan fingerprint density at radius 3 is 2.67 bits per heavy atom. The molecule has 0 bridgehead atoms. The first-order valence-electron chi connectivity index (χ1n) is 4.25. The number of halogens is 2. The zero-order valence-electron chi connectivity index (χ0n) is 8.67. The number of hydrogen-bond acceptors (Lipinski definition) is 2. The average molecular weight is 276 g/mol. The fourth-order valence-corrected chi connectivity index (χ4v) is 1.68. The molecule has 0 atom stereocenters. The highest BCUT2D eigenvalue weighted by molar-refractivity contribution is 9.10. The molecule has 1 amide bonds. The number of nitrogens with zero attached hydrogens (tertiary/aromatic N) is 1. The number of benzene rings is 1. The van der Waals surface area contributed by atoms with Gasteiger partial charge in [-0.15, -0.1) is 0 Å². The second-order valence-corrected chi connectivity index (χ2v) is 3.84. The zero-order valence-corrected chi connectivity index (χ0v) is 10.3. The summed E-state index contributed by atoms with van der Waals surface area (Å²) in [5.41, 5.74) is 0.723. The van der Waals surface area contributed by atoms with Crippen molar-refractivity contribution in [3.8, 4) is 0 Å². The lowest BCUT2D eigenvalue weighted by Crippen LogP contribution is -2.26. The van der Waals surface area contributed by atoms with Crippen LogP contribution in [0.5, 0.6) is 0 Å². The standard InChI is InChI=1S/C10H11BrFNO2/c1-6-4-5-7(8(11)9(6)12)10(14)13(2)15-3/h4-5H,1-3H3. The molecule has 0 radical (unpaired) electrons. The van der Waals surface area contributed by atoms with Gasteiger partial charge in [0.05, 0.1) is 17.1 Å². The maximum Gasteiger partial charge on any atom is 0.278 e. The quantitative estimate of drug-likeness (QED) is 0.777. The van der Waals surface area contributed by atoms with Crippen LogP contribution in [0, 0.1) is 12.7 Å². The molecule has 1 aromatic rings.